The first kappa shape index (κ1) is 10.9. The van der Waals surface area contributed by atoms with Gasteiger partial charge in [0, 0.05) is 32.9 Å². The highest BCUT2D eigenvalue weighted by Gasteiger charge is 2.17. The molecule has 1 fully saturated rings. The smallest absolute Gasteiger partial charge is 0.236 e. The number of amides is 1. The number of piperazine rings is 1. The van der Waals surface area contributed by atoms with Gasteiger partial charge in [-0.15, -0.1) is 0 Å². The molecule has 86 valence electrons. The lowest BCUT2D eigenvalue weighted by atomic mass is 10.2. The molecule has 0 aliphatic carbocycles. The van der Waals surface area contributed by atoms with E-state index in [1.807, 2.05) is 24.1 Å². The Morgan fingerprint density at radius 3 is 3.06 bits per heavy atom. The predicted molar refractivity (Wildman–Crippen MR) is 62.1 cm³/mol. The monoisotopic (exact) mass is 220 g/mol. The van der Waals surface area contributed by atoms with E-state index in [9.17, 15) is 4.79 Å². The third-order valence-electron chi connectivity index (χ3n) is 2.64. The minimum atomic E-state index is 0.156. The van der Waals surface area contributed by atoms with Crippen molar-refractivity contribution in [1.82, 2.24) is 15.2 Å². The summed E-state index contributed by atoms with van der Waals surface area (Å²) in [6, 6.07) is 3.91. The Labute approximate surface area is 94.9 Å². The lowest BCUT2D eigenvalue weighted by Crippen LogP contribution is -2.47. The molecule has 0 bridgehead atoms. The molecule has 1 aliphatic rings. The van der Waals surface area contributed by atoms with Gasteiger partial charge < -0.3 is 15.5 Å². The summed E-state index contributed by atoms with van der Waals surface area (Å²) < 4.78 is 0. The summed E-state index contributed by atoms with van der Waals surface area (Å²) >= 11 is 0. The molecule has 1 aromatic heterocycles. The Balaban J connectivity index is 1.99. The first-order valence-corrected chi connectivity index (χ1v) is 5.41. The van der Waals surface area contributed by atoms with Crippen LogP contribution in [0.5, 0.6) is 0 Å². The number of hydrogen-bond donors (Lipinski definition) is 2. The Bertz CT molecular complexity index is 363. The van der Waals surface area contributed by atoms with Crippen LogP contribution in [0, 0.1) is 0 Å². The molecule has 5 nitrogen and oxygen atoms in total. The highest BCUT2D eigenvalue weighted by Crippen LogP contribution is 2.08. The van der Waals surface area contributed by atoms with Gasteiger partial charge in [0.1, 0.15) is 5.82 Å². The van der Waals surface area contributed by atoms with Gasteiger partial charge in [-0.25, -0.2) is 4.98 Å². The van der Waals surface area contributed by atoms with Crippen LogP contribution in [-0.2, 0) is 11.3 Å². The number of pyridine rings is 1. The number of carbonyl (C=O) groups excluding carboxylic acids is 1. The lowest BCUT2D eigenvalue weighted by Gasteiger charge is -2.27. The highest BCUT2D eigenvalue weighted by molar-refractivity contribution is 5.78. The molecule has 1 aliphatic heterocycles. The second-order valence-electron chi connectivity index (χ2n) is 3.79. The van der Waals surface area contributed by atoms with Crippen molar-refractivity contribution in [2.45, 2.75) is 6.54 Å². The molecule has 1 amide bonds. The largest absolute Gasteiger partial charge is 0.373 e. The summed E-state index contributed by atoms with van der Waals surface area (Å²) in [6.45, 7) is 2.74. The van der Waals surface area contributed by atoms with Crippen LogP contribution in [0.4, 0.5) is 5.82 Å². The van der Waals surface area contributed by atoms with Crippen LogP contribution >= 0.6 is 0 Å². The molecule has 0 spiro atoms. The first-order chi connectivity index (χ1) is 7.79. The quantitative estimate of drug-likeness (QED) is 0.756. The fourth-order valence-electron chi connectivity index (χ4n) is 1.70. The van der Waals surface area contributed by atoms with Crippen molar-refractivity contribution in [1.29, 1.82) is 0 Å². The molecule has 1 aromatic rings. The van der Waals surface area contributed by atoms with Crippen molar-refractivity contribution in [2.24, 2.45) is 0 Å². The molecule has 0 aromatic carbocycles. The zero-order chi connectivity index (χ0) is 11.4. The summed E-state index contributed by atoms with van der Waals surface area (Å²) in [6.07, 6.45) is 1.81. The molecule has 2 rings (SSSR count). The molecule has 0 saturated carbocycles. The average molecular weight is 220 g/mol. The molecule has 16 heavy (non-hydrogen) atoms. The van der Waals surface area contributed by atoms with Crippen molar-refractivity contribution in [2.75, 3.05) is 32.0 Å². The zero-order valence-corrected chi connectivity index (χ0v) is 9.36. The van der Waals surface area contributed by atoms with E-state index in [4.69, 9.17) is 0 Å². The van der Waals surface area contributed by atoms with E-state index >= 15 is 0 Å². The average Bonchev–Trinajstić information content (AvgIpc) is 2.33. The van der Waals surface area contributed by atoms with E-state index in [0.717, 1.165) is 24.5 Å². The highest BCUT2D eigenvalue weighted by atomic mass is 16.2. The van der Waals surface area contributed by atoms with Crippen molar-refractivity contribution in [3.8, 4) is 0 Å². The molecular weight excluding hydrogens is 204 g/mol. The summed E-state index contributed by atoms with van der Waals surface area (Å²) in [5.74, 6) is 0.999. The maximum absolute atomic E-state index is 11.6. The van der Waals surface area contributed by atoms with Crippen LogP contribution < -0.4 is 10.6 Å². The van der Waals surface area contributed by atoms with Gasteiger partial charge in [0.15, 0.2) is 0 Å². The van der Waals surface area contributed by atoms with Crippen molar-refractivity contribution in [3.63, 3.8) is 0 Å². The number of nitrogens with zero attached hydrogens (tertiary/aromatic N) is 2. The summed E-state index contributed by atoms with van der Waals surface area (Å²) in [5, 5.41) is 6.02. The van der Waals surface area contributed by atoms with Crippen LogP contribution in [0.3, 0.4) is 0 Å². The number of nitrogens with one attached hydrogen (secondary N) is 2. The van der Waals surface area contributed by atoms with Gasteiger partial charge in [0.05, 0.1) is 6.54 Å². The zero-order valence-electron chi connectivity index (χ0n) is 9.36. The van der Waals surface area contributed by atoms with E-state index in [-0.39, 0.29) is 5.91 Å². The van der Waals surface area contributed by atoms with Gasteiger partial charge in [0.25, 0.3) is 0 Å². The Hall–Kier alpha value is -1.62. The maximum Gasteiger partial charge on any atom is 0.236 e. The second-order valence-corrected chi connectivity index (χ2v) is 3.79. The van der Waals surface area contributed by atoms with Gasteiger partial charge in [-0.05, 0) is 11.6 Å². The summed E-state index contributed by atoms with van der Waals surface area (Å²) in [7, 11) is 1.84. The van der Waals surface area contributed by atoms with E-state index in [0.29, 0.717) is 13.1 Å². The number of rotatable bonds is 3. The number of carbonyl (C=O) groups is 1. The molecule has 2 heterocycles. The van der Waals surface area contributed by atoms with E-state index in [1.54, 1.807) is 6.20 Å². The molecule has 5 heteroatoms. The molecule has 0 unspecified atom stereocenters. The fourth-order valence-corrected chi connectivity index (χ4v) is 1.70. The van der Waals surface area contributed by atoms with Gasteiger partial charge in [-0.2, -0.15) is 0 Å². The third kappa shape index (κ3) is 2.49. The topological polar surface area (TPSA) is 57.3 Å². The van der Waals surface area contributed by atoms with Gasteiger partial charge >= 0.3 is 0 Å². The fraction of sp³-hybridized carbons (Fsp3) is 0.455. The van der Waals surface area contributed by atoms with Crippen molar-refractivity contribution < 1.29 is 4.79 Å². The minimum absolute atomic E-state index is 0.156. The SMILES string of the molecule is CNc1ccc(CN2CCNCC2=O)cn1. The van der Waals surface area contributed by atoms with Crippen LogP contribution in [0.25, 0.3) is 0 Å². The number of anilines is 1. The maximum atomic E-state index is 11.6. The van der Waals surface area contributed by atoms with Crippen LogP contribution in [0.2, 0.25) is 0 Å². The van der Waals surface area contributed by atoms with E-state index in [2.05, 4.69) is 15.6 Å². The Kier molecular flexibility index (Phi) is 3.36. The summed E-state index contributed by atoms with van der Waals surface area (Å²) in [4.78, 5) is 17.6. The molecule has 0 atom stereocenters. The van der Waals surface area contributed by atoms with E-state index in [1.165, 1.54) is 0 Å². The van der Waals surface area contributed by atoms with Crippen molar-refractivity contribution >= 4 is 11.7 Å². The molecule has 0 radical (unpaired) electrons. The predicted octanol–water partition coefficient (Wildman–Crippen LogP) is 0.0551. The first-order valence-electron chi connectivity index (χ1n) is 5.41. The normalized spacial score (nSPS) is 16.3. The summed E-state index contributed by atoms with van der Waals surface area (Å²) in [5.41, 5.74) is 1.06. The lowest BCUT2D eigenvalue weighted by molar-refractivity contribution is -0.132. The van der Waals surface area contributed by atoms with Gasteiger partial charge in [0.2, 0.25) is 5.91 Å². The van der Waals surface area contributed by atoms with Crippen molar-refractivity contribution in [3.05, 3.63) is 23.9 Å². The number of aromatic nitrogens is 1. The van der Waals surface area contributed by atoms with Crippen LogP contribution in [-0.4, -0.2) is 42.5 Å². The minimum Gasteiger partial charge on any atom is -0.373 e. The number of hydrogen-bond acceptors (Lipinski definition) is 4. The van der Waals surface area contributed by atoms with Gasteiger partial charge in [-0.3, -0.25) is 4.79 Å². The Morgan fingerprint density at radius 1 is 1.56 bits per heavy atom. The van der Waals surface area contributed by atoms with Crippen LogP contribution in [0.15, 0.2) is 18.3 Å². The molecule has 1 saturated heterocycles. The van der Waals surface area contributed by atoms with E-state index < -0.39 is 0 Å². The molecular formula is C11H16N4O. The molecule has 2 N–H and O–H groups in total. The third-order valence-corrected chi connectivity index (χ3v) is 2.64. The van der Waals surface area contributed by atoms with Gasteiger partial charge in [-0.1, -0.05) is 6.07 Å². The van der Waals surface area contributed by atoms with Crippen LogP contribution in [0.1, 0.15) is 5.56 Å². The Morgan fingerprint density at radius 2 is 2.44 bits per heavy atom. The standard InChI is InChI=1S/C11H16N4O/c1-12-10-3-2-9(6-14-10)8-15-5-4-13-7-11(15)16/h2-3,6,13H,4-5,7-8H2,1H3,(H,12,14). The second kappa shape index (κ2) is 4.94.